The van der Waals surface area contributed by atoms with Gasteiger partial charge in [-0.25, -0.2) is 8.78 Å². The number of rotatable bonds is 4. The van der Waals surface area contributed by atoms with E-state index in [1.807, 2.05) is 20.8 Å². The van der Waals surface area contributed by atoms with Gasteiger partial charge in [0.2, 0.25) is 5.91 Å². The maximum Gasteiger partial charge on any atom is 0.324 e. The zero-order chi connectivity index (χ0) is 26.9. The van der Waals surface area contributed by atoms with Crippen LogP contribution in [0.4, 0.5) is 8.78 Å². The molecule has 2 heterocycles. The Hall–Kier alpha value is -2.55. The normalized spacial score (nSPS) is 32.7. The minimum atomic E-state index is -1.51. The van der Waals surface area contributed by atoms with Gasteiger partial charge < -0.3 is 20.5 Å². The fourth-order valence-corrected chi connectivity index (χ4v) is 6.57. The number of carbonyl (C=O) groups excluding carboxylic acids is 2. The molecule has 0 radical (unpaired) electrons. The highest BCUT2D eigenvalue weighted by Gasteiger charge is 2.68. The Morgan fingerprint density at radius 2 is 1.95 bits per heavy atom. The topological polar surface area (TPSA) is 87.7 Å². The molecule has 1 saturated heterocycles. The van der Waals surface area contributed by atoms with Crippen LogP contribution in [0.15, 0.2) is 36.4 Å². The molecule has 198 valence electrons. The SMILES string of the molecule is CC(C)(C)C[C@H]1N[C@@H](C(=O)NC2CC(C)(O)C2)[C@H](c2cccc(F)c2F)[C@@]12C(=O)Oc1cc(Cl)ccc12. The van der Waals surface area contributed by atoms with Gasteiger partial charge in [-0.15, -0.1) is 0 Å². The Bertz CT molecular complexity index is 1270. The van der Waals surface area contributed by atoms with Gasteiger partial charge in [-0.3, -0.25) is 9.59 Å². The summed E-state index contributed by atoms with van der Waals surface area (Å²) < 4.78 is 35.7. The molecule has 0 aromatic heterocycles. The summed E-state index contributed by atoms with van der Waals surface area (Å²) in [7, 11) is 0. The quantitative estimate of drug-likeness (QED) is 0.402. The summed E-state index contributed by atoms with van der Waals surface area (Å²) in [6.07, 6.45) is 1.20. The van der Waals surface area contributed by atoms with Crippen LogP contribution in [0.25, 0.3) is 0 Å². The van der Waals surface area contributed by atoms with Crippen molar-refractivity contribution in [2.75, 3.05) is 0 Å². The monoisotopic (exact) mass is 532 g/mol. The van der Waals surface area contributed by atoms with Crippen molar-refractivity contribution in [3.8, 4) is 5.75 Å². The molecule has 1 spiro atoms. The zero-order valence-corrected chi connectivity index (χ0v) is 22.0. The lowest BCUT2D eigenvalue weighted by atomic mass is 9.62. The van der Waals surface area contributed by atoms with Crippen molar-refractivity contribution in [2.45, 2.75) is 82.0 Å². The van der Waals surface area contributed by atoms with E-state index in [1.165, 1.54) is 18.2 Å². The average Bonchev–Trinajstić information content (AvgIpc) is 3.23. The summed E-state index contributed by atoms with van der Waals surface area (Å²) in [6, 6.07) is 6.67. The molecule has 3 aliphatic rings. The Morgan fingerprint density at radius 1 is 1.24 bits per heavy atom. The van der Waals surface area contributed by atoms with E-state index in [2.05, 4.69) is 10.6 Å². The summed E-state index contributed by atoms with van der Waals surface area (Å²) in [6.45, 7) is 7.71. The van der Waals surface area contributed by atoms with Crippen LogP contribution in [0.2, 0.25) is 5.02 Å². The number of hydrogen-bond acceptors (Lipinski definition) is 5. The van der Waals surface area contributed by atoms with Gasteiger partial charge in [0.15, 0.2) is 11.6 Å². The van der Waals surface area contributed by atoms with E-state index in [-0.39, 0.29) is 22.8 Å². The van der Waals surface area contributed by atoms with Gasteiger partial charge in [-0.1, -0.05) is 50.6 Å². The number of fused-ring (bicyclic) bond motifs is 2. The maximum atomic E-state index is 15.5. The number of halogens is 3. The van der Waals surface area contributed by atoms with Crippen molar-refractivity contribution < 1.29 is 28.2 Å². The van der Waals surface area contributed by atoms with Crippen LogP contribution in [0.5, 0.6) is 5.75 Å². The fourth-order valence-electron chi connectivity index (χ4n) is 6.40. The van der Waals surface area contributed by atoms with Crippen LogP contribution >= 0.6 is 11.6 Å². The summed E-state index contributed by atoms with van der Waals surface area (Å²) in [5.74, 6) is -4.11. The van der Waals surface area contributed by atoms with Crippen LogP contribution in [-0.4, -0.2) is 40.7 Å². The Morgan fingerprint density at radius 3 is 2.59 bits per heavy atom. The molecule has 1 aliphatic carbocycles. The van der Waals surface area contributed by atoms with Crippen LogP contribution in [0, 0.1) is 17.0 Å². The molecule has 9 heteroatoms. The van der Waals surface area contributed by atoms with E-state index in [4.69, 9.17) is 16.3 Å². The first kappa shape index (κ1) is 26.1. The number of carbonyl (C=O) groups is 2. The van der Waals surface area contributed by atoms with Crippen molar-refractivity contribution in [1.29, 1.82) is 0 Å². The van der Waals surface area contributed by atoms with E-state index >= 15 is 4.39 Å². The van der Waals surface area contributed by atoms with Gasteiger partial charge in [-0.2, -0.15) is 0 Å². The van der Waals surface area contributed by atoms with Crippen LogP contribution < -0.4 is 15.4 Å². The molecule has 0 bridgehead atoms. The Labute approximate surface area is 219 Å². The number of hydrogen-bond donors (Lipinski definition) is 3. The Balaban J connectivity index is 1.69. The number of ether oxygens (including phenoxy) is 1. The van der Waals surface area contributed by atoms with Crippen molar-refractivity contribution >= 4 is 23.5 Å². The van der Waals surface area contributed by atoms with Gasteiger partial charge >= 0.3 is 5.97 Å². The lowest BCUT2D eigenvalue weighted by molar-refractivity contribution is -0.139. The summed E-state index contributed by atoms with van der Waals surface area (Å²) in [4.78, 5) is 27.6. The molecule has 2 aliphatic heterocycles. The van der Waals surface area contributed by atoms with E-state index in [0.717, 1.165) is 6.07 Å². The minimum absolute atomic E-state index is 0.0792. The molecular weight excluding hydrogens is 502 g/mol. The molecule has 2 fully saturated rings. The van der Waals surface area contributed by atoms with E-state index in [0.29, 0.717) is 29.8 Å². The molecule has 1 saturated carbocycles. The number of aliphatic hydroxyl groups is 1. The average molecular weight is 533 g/mol. The zero-order valence-electron chi connectivity index (χ0n) is 21.2. The second-order valence-corrected chi connectivity index (χ2v) is 12.5. The first-order valence-corrected chi connectivity index (χ1v) is 12.9. The second kappa shape index (κ2) is 8.75. The largest absolute Gasteiger partial charge is 0.425 e. The fraction of sp³-hybridized carbons (Fsp3) is 0.500. The third-order valence-electron chi connectivity index (χ3n) is 7.82. The van der Waals surface area contributed by atoms with Crippen LogP contribution in [-0.2, 0) is 15.0 Å². The first-order valence-electron chi connectivity index (χ1n) is 12.5. The van der Waals surface area contributed by atoms with Gasteiger partial charge in [0.25, 0.3) is 0 Å². The number of amides is 1. The summed E-state index contributed by atoms with van der Waals surface area (Å²) >= 11 is 6.19. The number of esters is 1. The summed E-state index contributed by atoms with van der Waals surface area (Å²) in [5.41, 5.74) is -2.25. The van der Waals surface area contributed by atoms with Gasteiger partial charge in [0.1, 0.15) is 11.2 Å². The van der Waals surface area contributed by atoms with E-state index in [9.17, 15) is 19.1 Å². The molecular formula is C28H31ClF2N2O4. The minimum Gasteiger partial charge on any atom is -0.425 e. The van der Waals surface area contributed by atoms with E-state index < -0.39 is 52.5 Å². The van der Waals surface area contributed by atoms with Gasteiger partial charge in [0.05, 0.1) is 11.6 Å². The molecule has 3 N–H and O–H groups in total. The third kappa shape index (κ3) is 4.33. The molecule has 5 rings (SSSR count). The highest BCUT2D eigenvalue weighted by atomic mass is 35.5. The van der Waals surface area contributed by atoms with Crippen molar-refractivity contribution in [2.24, 2.45) is 5.41 Å². The highest BCUT2D eigenvalue weighted by Crippen LogP contribution is 2.57. The predicted molar refractivity (Wildman–Crippen MR) is 134 cm³/mol. The predicted octanol–water partition coefficient (Wildman–Crippen LogP) is 4.37. The van der Waals surface area contributed by atoms with Crippen molar-refractivity contribution in [3.63, 3.8) is 0 Å². The molecule has 2 aromatic rings. The number of nitrogens with one attached hydrogen (secondary N) is 2. The molecule has 37 heavy (non-hydrogen) atoms. The molecule has 0 unspecified atom stereocenters. The Kier molecular flexibility index (Phi) is 6.17. The standard InChI is InChI=1S/C28H31ClF2N2O4/c1-26(2,3)13-20-28(17-9-8-14(29)10-19(17)37-25(28)35)21(16-6-5-7-18(30)22(16)31)23(33-20)24(34)32-15-11-27(4,36)12-15/h5-10,15,20-21,23,33,36H,11-13H2,1-4H3,(H,32,34)/t15?,20-,21+,23-,27?,28+/m1/s1. The van der Waals surface area contributed by atoms with Crippen molar-refractivity contribution in [3.05, 3.63) is 64.2 Å². The maximum absolute atomic E-state index is 15.5. The molecule has 6 nitrogen and oxygen atoms in total. The highest BCUT2D eigenvalue weighted by molar-refractivity contribution is 6.30. The molecule has 4 atom stereocenters. The number of benzene rings is 2. The lowest BCUT2D eigenvalue weighted by Crippen LogP contribution is -2.57. The van der Waals surface area contributed by atoms with Crippen LogP contribution in [0.1, 0.15) is 64.0 Å². The first-order chi connectivity index (χ1) is 17.2. The summed E-state index contributed by atoms with van der Waals surface area (Å²) in [5, 5.41) is 16.8. The molecule has 1 amide bonds. The van der Waals surface area contributed by atoms with Crippen LogP contribution in [0.3, 0.4) is 0 Å². The second-order valence-electron chi connectivity index (χ2n) is 12.1. The third-order valence-corrected chi connectivity index (χ3v) is 8.05. The van der Waals surface area contributed by atoms with E-state index in [1.54, 1.807) is 19.1 Å². The lowest BCUT2D eigenvalue weighted by Gasteiger charge is -2.42. The smallest absolute Gasteiger partial charge is 0.324 e. The molecule has 2 aromatic carbocycles. The van der Waals surface area contributed by atoms with Crippen molar-refractivity contribution in [1.82, 2.24) is 10.6 Å². The van der Waals surface area contributed by atoms with Gasteiger partial charge in [-0.05, 0) is 55.4 Å². The van der Waals surface area contributed by atoms with Gasteiger partial charge in [0, 0.05) is 28.6 Å².